The maximum atomic E-state index is 5.00. The SMILES string of the molecule is Cc1cc(C)c2c(c1)-c1nc3cccc(C)c3cc1CC2. The van der Waals surface area contributed by atoms with Crippen molar-refractivity contribution in [3.8, 4) is 11.3 Å². The van der Waals surface area contributed by atoms with E-state index in [1.807, 2.05) is 0 Å². The minimum atomic E-state index is 1.10. The van der Waals surface area contributed by atoms with Crippen molar-refractivity contribution in [1.29, 1.82) is 0 Å². The first-order chi connectivity index (χ1) is 10.1. The first kappa shape index (κ1) is 12.6. The molecule has 0 spiro atoms. The Bertz CT molecular complexity index is 875. The molecule has 104 valence electrons. The molecule has 0 bridgehead atoms. The van der Waals surface area contributed by atoms with Gasteiger partial charge in [0.15, 0.2) is 0 Å². The van der Waals surface area contributed by atoms with E-state index in [0.29, 0.717) is 0 Å². The highest BCUT2D eigenvalue weighted by atomic mass is 14.7. The number of nitrogens with zero attached hydrogens (tertiary/aromatic N) is 1. The molecule has 0 atom stereocenters. The van der Waals surface area contributed by atoms with Crippen LogP contribution < -0.4 is 0 Å². The number of hydrogen-bond acceptors (Lipinski definition) is 1. The number of hydrogen-bond donors (Lipinski definition) is 0. The molecule has 4 rings (SSSR count). The van der Waals surface area contributed by atoms with Crippen molar-refractivity contribution in [1.82, 2.24) is 4.98 Å². The van der Waals surface area contributed by atoms with Crippen LogP contribution in [0.15, 0.2) is 36.4 Å². The fourth-order valence-corrected chi connectivity index (χ4v) is 3.61. The summed E-state index contributed by atoms with van der Waals surface area (Å²) in [6.45, 7) is 6.57. The van der Waals surface area contributed by atoms with Crippen molar-refractivity contribution in [2.75, 3.05) is 0 Å². The third-order valence-corrected chi connectivity index (χ3v) is 4.67. The van der Waals surface area contributed by atoms with Gasteiger partial charge in [0.25, 0.3) is 0 Å². The standard InChI is InChI=1S/C20H19N/c1-12-9-14(3)16-8-7-15-11-17-13(2)5-4-6-19(17)21-20(15)18(16)10-12/h4-6,9-11H,7-8H2,1-3H3. The third-order valence-electron chi connectivity index (χ3n) is 4.67. The van der Waals surface area contributed by atoms with E-state index < -0.39 is 0 Å². The van der Waals surface area contributed by atoms with E-state index in [1.54, 1.807) is 0 Å². The van der Waals surface area contributed by atoms with Gasteiger partial charge in [-0.05, 0) is 74.1 Å². The van der Waals surface area contributed by atoms with Crippen molar-refractivity contribution in [2.45, 2.75) is 33.6 Å². The molecule has 1 nitrogen and oxygen atoms in total. The molecule has 2 aromatic carbocycles. The van der Waals surface area contributed by atoms with Crippen LogP contribution in [-0.2, 0) is 12.8 Å². The highest BCUT2D eigenvalue weighted by Crippen LogP contribution is 2.36. The fourth-order valence-electron chi connectivity index (χ4n) is 3.61. The zero-order valence-electron chi connectivity index (χ0n) is 12.8. The lowest BCUT2D eigenvalue weighted by Crippen LogP contribution is -2.08. The second-order valence-electron chi connectivity index (χ2n) is 6.25. The topological polar surface area (TPSA) is 12.9 Å². The quantitative estimate of drug-likeness (QED) is 0.566. The number of pyridine rings is 1. The van der Waals surface area contributed by atoms with Gasteiger partial charge in [-0.25, -0.2) is 4.98 Å². The van der Waals surface area contributed by atoms with Gasteiger partial charge in [-0.2, -0.15) is 0 Å². The molecule has 1 heteroatoms. The molecule has 0 saturated carbocycles. The van der Waals surface area contributed by atoms with Gasteiger partial charge in [-0.15, -0.1) is 0 Å². The van der Waals surface area contributed by atoms with Crippen LogP contribution in [0, 0.1) is 20.8 Å². The van der Waals surface area contributed by atoms with Crippen LogP contribution in [0.3, 0.4) is 0 Å². The van der Waals surface area contributed by atoms with Gasteiger partial charge in [-0.1, -0.05) is 23.8 Å². The Morgan fingerprint density at radius 1 is 0.905 bits per heavy atom. The zero-order valence-corrected chi connectivity index (χ0v) is 12.8. The second-order valence-corrected chi connectivity index (χ2v) is 6.25. The molecule has 3 aromatic rings. The smallest absolute Gasteiger partial charge is 0.0744 e. The van der Waals surface area contributed by atoms with Gasteiger partial charge in [0.2, 0.25) is 0 Å². The van der Waals surface area contributed by atoms with Crippen LogP contribution in [0.2, 0.25) is 0 Å². The van der Waals surface area contributed by atoms with E-state index in [-0.39, 0.29) is 0 Å². The normalized spacial score (nSPS) is 13.1. The molecule has 0 N–H and O–H groups in total. The van der Waals surface area contributed by atoms with E-state index in [0.717, 1.165) is 18.4 Å². The van der Waals surface area contributed by atoms with Crippen LogP contribution in [0.4, 0.5) is 0 Å². The Morgan fingerprint density at radius 3 is 2.62 bits per heavy atom. The predicted octanol–water partition coefficient (Wildman–Crippen LogP) is 4.93. The second kappa shape index (κ2) is 4.42. The first-order valence-corrected chi connectivity index (χ1v) is 7.63. The zero-order chi connectivity index (χ0) is 14.6. The van der Waals surface area contributed by atoms with Crippen LogP contribution in [-0.4, -0.2) is 4.98 Å². The van der Waals surface area contributed by atoms with Gasteiger partial charge in [0, 0.05) is 10.9 Å². The van der Waals surface area contributed by atoms with Gasteiger partial charge in [0.05, 0.1) is 11.2 Å². The van der Waals surface area contributed by atoms with Crippen molar-refractivity contribution in [3.05, 3.63) is 64.2 Å². The van der Waals surface area contributed by atoms with E-state index in [9.17, 15) is 0 Å². The summed E-state index contributed by atoms with van der Waals surface area (Å²) in [6, 6.07) is 13.3. The average molecular weight is 273 g/mol. The number of fused-ring (bicyclic) bond motifs is 4. The van der Waals surface area contributed by atoms with Crippen molar-refractivity contribution >= 4 is 10.9 Å². The van der Waals surface area contributed by atoms with Gasteiger partial charge < -0.3 is 0 Å². The van der Waals surface area contributed by atoms with Gasteiger partial charge in [-0.3, -0.25) is 0 Å². The highest BCUT2D eigenvalue weighted by Gasteiger charge is 2.20. The molecule has 0 unspecified atom stereocenters. The maximum Gasteiger partial charge on any atom is 0.0744 e. The monoisotopic (exact) mass is 273 g/mol. The minimum Gasteiger partial charge on any atom is -0.247 e. The van der Waals surface area contributed by atoms with Crippen LogP contribution in [0.5, 0.6) is 0 Å². The molecule has 0 aliphatic heterocycles. The molecule has 1 aromatic heterocycles. The summed E-state index contributed by atoms with van der Waals surface area (Å²) < 4.78 is 0. The lowest BCUT2D eigenvalue weighted by atomic mass is 9.84. The molecule has 21 heavy (non-hydrogen) atoms. The van der Waals surface area contributed by atoms with Gasteiger partial charge >= 0.3 is 0 Å². The highest BCUT2D eigenvalue weighted by molar-refractivity contribution is 5.87. The molecule has 1 aliphatic carbocycles. The maximum absolute atomic E-state index is 5.00. The molecule has 0 fully saturated rings. The molecule has 0 radical (unpaired) electrons. The Balaban J connectivity index is 2.06. The number of benzene rings is 2. The van der Waals surface area contributed by atoms with Crippen molar-refractivity contribution < 1.29 is 0 Å². The Hall–Kier alpha value is -2.15. The number of aryl methyl sites for hydroxylation is 4. The molecule has 0 saturated heterocycles. The summed E-state index contributed by atoms with van der Waals surface area (Å²) in [6.07, 6.45) is 2.23. The lowest BCUT2D eigenvalue weighted by Gasteiger charge is -2.22. The summed E-state index contributed by atoms with van der Waals surface area (Å²) in [5.41, 5.74) is 10.6. The van der Waals surface area contributed by atoms with E-state index >= 15 is 0 Å². The molecular formula is C20H19N. The Morgan fingerprint density at radius 2 is 1.76 bits per heavy atom. The Kier molecular flexibility index (Phi) is 2.65. The van der Waals surface area contributed by atoms with Crippen LogP contribution >= 0.6 is 0 Å². The fraction of sp³-hybridized carbons (Fsp3) is 0.250. The predicted molar refractivity (Wildman–Crippen MR) is 88.8 cm³/mol. The number of aromatic nitrogens is 1. The summed E-state index contributed by atoms with van der Waals surface area (Å²) in [5, 5.41) is 1.30. The van der Waals surface area contributed by atoms with Crippen molar-refractivity contribution in [3.63, 3.8) is 0 Å². The van der Waals surface area contributed by atoms with Crippen LogP contribution in [0.1, 0.15) is 27.8 Å². The summed E-state index contributed by atoms with van der Waals surface area (Å²) in [7, 11) is 0. The Labute approximate surface area is 125 Å². The summed E-state index contributed by atoms with van der Waals surface area (Å²) in [5.74, 6) is 0. The van der Waals surface area contributed by atoms with Gasteiger partial charge in [0.1, 0.15) is 0 Å². The first-order valence-electron chi connectivity index (χ1n) is 7.63. The van der Waals surface area contributed by atoms with E-state index in [4.69, 9.17) is 4.98 Å². The summed E-state index contributed by atoms with van der Waals surface area (Å²) >= 11 is 0. The van der Waals surface area contributed by atoms with E-state index in [2.05, 4.69) is 57.2 Å². The van der Waals surface area contributed by atoms with E-state index in [1.165, 1.54) is 44.5 Å². The number of rotatable bonds is 0. The largest absolute Gasteiger partial charge is 0.247 e. The molecule has 1 aliphatic rings. The summed E-state index contributed by atoms with van der Waals surface area (Å²) in [4.78, 5) is 5.00. The van der Waals surface area contributed by atoms with Crippen molar-refractivity contribution in [2.24, 2.45) is 0 Å². The average Bonchev–Trinajstić information content (AvgIpc) is 2.46. The third kappa shape index (κ3) is 1.88. The lowest BCUT2D eigenvalue weighted by molar-refractivity contribution is 0.920. The van der Waals surface area contributed by atoms with Crippen LogP contribution in [0.25, 0.3) is 22.2 Å². The molecule has 1 heterocycles. The molecule has 0 amide bonds. The molecular weight excluding hydrogens is 254 g/mol. The minimum absolute atomic E-state index is 1.10.